The first kappa shape index (κ1) is 16.3. The second kappa shape index (κ2) is 7.29. The van der Waals surface area contributed by atoms with Gasteiger partial charge in [-0.05, 0) is 24.6 Å². The van der Waals surface area contributed by atoms with Gasteiger partial charge in [-0.15, -0.1) is 0 Å². The summed E-state index contributed by atoms with van der Waals surface area (Å²) in [5.74, 6) is -0.551. The van der Waals surface area contributed by atoms with Crippen molar-refractivity contribution in [1.82, 2.24) is 0 Å². The van der Waals surface area contributed by atoms with E-state index < -0.39 is 12.1 Å². The topological polar surface area (TPSA) is 66.8 Å². The number of hydrogen-bond donors (Lipinski definition) is 2. The average molecular weight is 321 g/mol. The van der Waals surface area contributed by atoms with E-state index >= 15 is 0 Å². The molecule has 1 unspecified atom stereocenters. The molecule has 0 aliphatic heterocycles. The summed E-state index contributed by atoms with van der Waals surface area (Å²) in [6.07, 6.45) is 4.91. The van der Waals surface area contributed by atoms with Gasteiger partial charge in [0.1, 0.15) is 12.4 Å². The van der Waals surface area contributed by atoms with Crippen LogP contribution in [0.25, 0.3) is 0 Å². The highest BCUT2D eigenvalue weighted by Crippen LogP contribution is 2.24. The third-order valence-corrected chi connectivity index (χ3v) is 3.68. The molecule has 0 bridgehead atoms. The Morgan fingerprint density at radius 2 is 2.14 bits per heavy atom. The van der Waals surface area contributed by atoms with Gasteiger partial charge in [0.15, 0.2) is 0 Å². The van der Waals surface area contributed by atoms with Crippen molar-refractivity contribution in [3.63, 3.8) is 0 Å². The van der Waals surface area contributed by atoms with Crippen molar-refractivity contribution >= 4 is 17.6 Å². The number of aliphatic hydroxyl groups is 1. The molecule has 0 saturated carbocycles. The number of carboxylic acid groups (broad SMARTS) is 1. The van der Waals surface area contributed by atoms with Gasteiger partial charge in [0.2, 0.25) is 0 Å². The molecule has 1 aromatic rings. The van der Waals surface area contributed by atoms with Gasteiger partial charge in [-0.1, -0.05) is 42.0 Å². The number of carboxylic acids is 1. The maximum absolute atomic E-state index is 11.2. The number of ether oxygens (including phenoxy) is 1. The lowest BCUT2D eigenvalue weighted by Crippen LogP contribution is -2.08. The fourth-order valence-electron chi connectivity index (χ4n) is 2.05. The molecule has 1 atom stereocenters. The highest BCUT2D eigenvalue weighted by molar-refractivity contribution is 6.30. The quantitative estimate of drug-likeness (QED) is 0.832. The molecule has 116 valence electrons. The Hall–Kier alpha value is -2.04. The van der Waals surface area contributed by atoms with Crippen LogP contribution in [0.1, 0.15) is 29.3 Å². The van der Waals surface area contributed by atoms with Crippen molar-refractivity contribution in [3.05, 3.63) is 70.0 Å². The number of aliphatic hydroxyl groups excluding tert-OH is 1. The van der Waals surface area contributed by atoms with Crippen LogP contribution in [0.3, 0.4) is 0 Å². The summed E-state index contributed by atoms with van der Waals surface area (Å²) in [5, 5.41) is 19.5. The van der Waals surface area contributed by atoms with Crippen LogP contribution in [-0.4, -0.2) is 22.3 Å². The number of carbonyl (C=O) groups is 1. The van der Waals surface area contributed by atoms with E-state index in [0.29, 0.717) is 28.3 Å². The van der Waals surface area contributed by atoms with Crippen molar-refractivity contribution in [1.29, 1.82) is 0 Å². The van der Waals surface area contributed by atoms with Gasteiger partial charge < -0.3 is 14.9 Å². The van der Waals surface area contributed by atoms with Crippen LogP contribution in [-0.2, 0) is 11.3 Å². The second-order valence-electron chi connectivity index (χ2n) is 4.99. The number of halogens is 1. The van der Waals surface area contributed by atoms with E-state index in [1.165, 1.54) is 6.07 Å². The zero-order valence-corrected chi connectivity index (χ0v) is 12.9. The van der Waals surface area contributed by atoms with Crippen molar-refractivity contribution in [2.75, 3.05) is 0 Å². The first-order valence-corrected chi connectivity index (χ1v) is 7.22. The van der Waals surface area contributed by atoms with Crippen molar-refractivity contribution in [3.8, 4) is 0 Å². The second-order valence-corrected chi connectivity index (χ2v) is 5.44. The van der Waals surface area contributed by atoms with E-state index in [-0.39, 0.29) is 12.2 Å². The van der Waals surface area contributed by atoms with Crippen LogP contribution in [0.5, 0.6) is 0 Å². The Bertz CT molecular complexity index is 658. The molecule has 1 aromatic carbocycles. The predicted molar refractivity (Wildman–Crippen MR) is 84.6 cm³/mol. The van der Waals surface area contributed by atoms with Crippen LogP contribution in [0.2, 0.25) is 0 Å². The molecule has 4 nitrogen and oxygen atoms in total. The van der Waals surface area contributed by atoms with E-state index in [1.54, 1.807) is 43.4 Å². The van der Waals surface area contributed by atoms with Crippen molar-refractivity contribution < 1.29 is 19.7 Å². The fraction of sp³-hybridized carbons (Fsp3) is 0.235. The molecule has 0 fully saturated rings. The molecule has 0 spiro atoms. The summed E-state index contributed by atoms with van der Waals surface area (Å²) in [7, 11) is 0. The number of aromatic carboxylic acids is 1. The molecule has 0 radical (unpaired) electrons. The van der Waals surface area contributed by atoms with E-state index in [0.717, 1.165) is 0 Å². The summed E-state index contributed by atoms with van der Waals surface area (Å²) in [6, 6.07) is 6.65. The minimum atomic E-state index is -0.998. The minimum Gasteiger partial charge on any atom is -0.488 e. The number of allylic oxidation sites excluding steroid dienone is 3. The van der Waals surface area contributed by atoms with Gasteiger partial charge in [-0.2, -0.15) is 0 Å². The van der Waals surface area contributed by atoms with Gasteiger partial charge in [0.25, 0.3) is 0 Å². The Balaban J connectivity index is 2.21. The van der Waals surface area contributed by atoms with Crippen LogP contribution in [0.15, 0.2) is 58.9 Å². The van der Waals surface area contributed by atoms with E-state index in [4.69, 9.17) is 21.4 Å². The minimum absolute atomic E-state index is 0.0949. The van der Waals surface area contributed by atoms with E-state index in [2.05, 4.69) is 0 Å². The molecule has 0 aromatic heterocycles. The summed E-state index contributed by atoms with van der Waals surface area (Å²) < 4.78 is 5.69. The summed E-state index contributed by atoms with van der Waals surface area (Å²) in [5.41, 5.74) is 1.47. The molecule has 2 rings (SSSR count). The van der Waals surface area contributed by atoms with Crippen LogP contribution < -0.4 is 0 Å². The Morgan fingerprint density at radius 3 is 2.86 bits per heavy atom. The lowest BCUT2D eigenvalue weighted by molar-refractivity contribution is 0.0692. The zero-order valence-electron chi connectivity index (χ0n) is 12.1. The van der Waals surface area contributed by atoms with Gasteiger partial charge in [-0.3, -0.25) is 0 Å². The zero-order chi connectivity index (χ0) is 16.1. The fourth-order valence-corrected chi connectivity index (χ4v) is 2.25. The Morgan fingerprint density at radius 1 is 1.41 bits per heavy atom. The summed E-state index contributed by atoms with van der Waals surface area (Å²) >= 11 is 6.20. The third kappa shape index (κ3) is 4.00. The summed E-state index contributed by atoms with van der Waals surface area (Å²) in [6.45, 7) is 1.87. The smallest absolute Gasteiger partial charge is 0.336 e. The normalized spacial score (nSPS) is 25.6. The van der Waals surface area contributed by atoms with Gasteiger partial charge in [0.05, 0.1) is 16.7 Å². The average Bonchev–Trinajstić information content (AvgIpc) is 2.50. The number of benzene rings is 1. The highest BCUT2D eigenvalue weighted by Gasteiger charge is 2.13. The predicted octanol–water partition coefficient (Wildman–Crippen LogP) is 3.62. The van der Waals surface area contributed by atoms with E-state index in [1.807, 2.05) is 0 Å². The van der Waals surface area contributed by atoms with Gasteiger partial charge >= 0.3 is 5.97 Å². The maximum Gasteiger partial charge on any atom is 0.336 e. The third-order valence-electron chi connectivity index (χ3n) is 3.34. The van der Waals surface area contributed by atoms with Gasteiger partial charge in [-0.25, -0.2) is 4.79 Å². The van der Waals surface area contributed by atoms with Gasteiger partial charge in [0, 0.05) is 12.0 Å². The Labute approximate surface area is 134 Å². The Kier molecular flexibility index (Phi) is 5.41. The molecule has 22 heavy (non-hydrogen) atoms. The molecule has 1 aliphatic carbocycles. The highest BCUT2D eigenvalue weighted by atomic mass is 35.5. The molecule has 5 heteroatoms. The van der Waals surface area contributed by atoms with Crippen LogP contribution in [0.4, 0.5) is 0 Å². The van der Waals surface area contributed by atoms with E-state index in [9.17, 15) is 9.90 Å². The van der Waals surface area contributed by atoms with Crippen LogP contribution >= 0.6 is 11.6 Å². The SMILES string of the molecule is C/C1=C/C(OCc2ccccc2C(=O)O)=C(/Cl)C/C=C/C1O. The monoisotopic (exact) mass is 320 g/mol. The molecule has 0 amide bonds. The number of hydrogen-bond acceptors (Lipinski definition) is 3. The van der Waals surface area contributed by atoms with Crippen molar-refractivity contribution in [2.24, 2.45) is 0 Å². The lowest BCUT2D eigenvalue weighted by atomic mass is 10.1. The molecular formula is C17H17ClO4. The lowest BCUT2D eigenvalue weighted by Gasteiger charge is -2.15. The number of rotatable bonds is 4. The first-order valence-electron chi connectivity index (χ1n) is 6.84. The maximum atomic E-state index is 11.2. The van der Waals surface area contributed by atoms with Crippen LogP contribution in [0, 0.1) is 0 Å². The molecule has 0 saturated heterocycles. The molecule has 1 aliphatic rings. The van der Waals surface area contributed by atoms with Crippen molar-refractivity contribution in [2.45, 2.75) is 26.1 Å². The largest absolute Gasteiger partial charge is 0.488 e. The molecular weight excluding hydrogens is 304 g/mol. The molecule has 0 heterocycles. The molecule has 2 N–H and O–H groups in total. The summed E-state index contributed by atoms with van der Waals surface area (Å²) in [4.78, 5) is 11.2. The first-order chi connectivity index (χ1) is 10.5. The standard InChI is InChI=1S/C17H17ClO4/c1-11-9-16(14(18)7-4-8-15(11)19)22-10-12-5-2-3-6-13(12)17(20)21/h2-6,8-9,15,19H,7,10H2,1H3,(H,20,21)/b8-4+,11-9-,16-14-.